The van der Waals surface area contributed by atoms with Gasteiger partial charge in [0.05, 0.1) is 0 Å². The van der Waals surface area contributed by atoms with Crippen molar-refractivity contribution in [3.8, 4) is 11.3 Å². The third-order valence-corrected chi connectivity index (χ3v) is 3.65. The van der Waals surface area contributed by atoms with E-state index in [-0.39, 0.29) is 5.56 Å². The van der Waals surface area contributed by atoms with Gasteiger partial charge < -0.3 is 10.3 Å². The Balaban J connectivity index is 2.14. The highest BCUT2D eigenvalue weighted by molar-refractivity contribution is 5.71. The van der Waals surface area contributed by atoms with Gasteiger partial charge in [0.25, 0.3) is 0 Å². The molecule has 0 saturated heterocycles. The molecule has 0 fully saturated rings. The summed E-state index contributed by atoms with van der Waals surface area (Å²) in [5.74, 6) is 0.0310. The van der Waals surface area contributed by atoms with Crippen LogP contribution in [0.25, 0.3) is 11.3 Å². The molecule has 2 N–H and O–H groups in total. The van der Waals surface area contributed by atoms with Crippen LogP contribution in [0.15, 0.2) is 18.2 Å². The first-order valence-corrected chi connectivity index (χ1v) is 6.37. The van der Waals surface area contributed by atoms with E-state index in [1.807, 2.05) is 4.57 Å². The van der Waals surface area contributed by atoms with Gasteiger partial charge in [-0.1, -0.05) is 13.0 Å². The van der Waals surface area contributed by atoms with Crippen LogP contribution in [-0.4, -0.2) is 9.55 Å². The van der Waals surface area contributed by atoms with Gasteiger partial charge in [0.2, 0.25) is 0 Å². The third kappa shape index (κ3) is 1.89. The predicted molar refractivity (Wildman–Crippen MR) is 69.5 cm³/mol. The smallest absolute Gasteiger partial charge is 0.168 e. The van der Waals surface area contributed by atoms with E-state index in [0.717, 1.165) is 31.3 Å². The highest BCUT2D eigenvalue weighted by atomic mass is 19.2. The first-order chi connectivity index (χ1) is 9.08. The van der Waals surface area contributed by atoms with Crippen LogP contribution in [0.1, 0.15) is 19.2 Å². The molecular formula is C14H15F2N3. The number of fused-ring (bicyclic) bond motifs is 1. The topological polar surface area (TPSA) is 43.8 Å². The van der Waals surface area contributed by atoms with E-state index < -0.39 is 11.6 Å². The quantitative estimate of drug-likeness (QED) is 0.859. The van der Waals surface area contributed by atoms with Crippen molar-refractivity contribution in [3.05, 3.63) is 35.7 Å². The molecule has 1 atom stereocenters. The van der Waals surface area contributed by atoms with Crippen LogP contribution in [0.3, 0.4) is 0 Å². The number of benzene rings is 1. The van der Waals surface area contributed by atoms with E-state index >= 15 is 0 Å². The van der Waals surface area contributed by atoms with E-state index in [4.69, 9.17) is 5.73 Å². The van der Waals surface area contributed by atoms with Crippen molar-refractivity contribution in [1.82, 2.24) is 9.55 Å². The lowest BCUT2D eigenvalue weighted by Gasteiger charge is -2.20. The minimum absolute atomic E-state index is 0.132. The number of hydrogen-bond acceptors (Lipinski definition) is 2. The molecule has 1 aliphatic rings. The molecule has 0 spiro atoms. The number of hydrogen-bond donors (Lipinski definition) is 1. The SMILES string of the molecule is CC1CCc2nc(-c3cccc(F)c3F)c(N)n2C1. The first-order valence-electron chi connectivity index (χ1n) is 6.37. The Hall–Kier alpha value is -1.91. The van der Waals surface area contributed by atoms with Crippen LogP contribution in [-0.2, 0) is 13.0 Å². The number of nitrogens with two attached hydrogens (primary N) is 1. The Morgan fingerprint density at radius 1 is 1.37 bits per heavy atom. The number of nitrogens with zero attached hydrogens (tertiary/aromatic N) is 2. The Kier molecular flexibility index (Phi) is 2.77. The fourth-order valence-corrected chi connectivity index (χ4v) is 2.57. The predicted octanol–water partition coefficient (Wildman–Crippen LogP) is 2.99. The fraction of sp³-hybridized carbons (Fsp3) is 0.357. The van der Waals surface area contributed by atoms with Crippen LogP contribution in [0, 0.1) is 17.6 Å². The second kappa shape index (κ2) is 4.33. The zero-order chi connectivity index (χ0) is 13.6. The van der Waals surface area contributed by atoms with Gasteiger partial charge >= 0.3 is 0 Å². The molecule has 0 radical (unpaired) electrons. The summed E-state index contributed by atoms with van der Waals surface area (Å²) in [7, 11) is 0. The molecule has 3 nitrogen and oxygen atoms in total. The lowest BCUT2D eigenvalue weighted by Crippen LogP contribution is -2.19. The summed E-state index contributed by atoms with van der Waals surface area (Å²) in [4.78, 5) is 4.39. The summed E-state index contributed by atoms with van der Waals surface area (Å²) in [5, 5.41) is 0. The zero-order valence-corrected chi connectivity index (χ0v) is 10.7. The van der Waals surface area contributed by atoms with Crippen LogP contribution in [0.2, 0.25) is 0 Å². The molecule has 100 valence electrons. The molecule has 0 aliphatic carbocycles. The molecular weight excluding hydrogens is 248 g/mol. The van der Waals surface area contributed by atoms with E-state index in [1.165, 1.54) is 12.1 Å². The average Bonchev–Trinajstić information content (AvgIpc) is 2.70. The molecule has 0 saturated carbocycles. The van der Waals surface area contributed by atoms with E-state index in [0.29, 0.717) is 17.4 Å². The summed E-state index contributed by atoms with van der Waals surface area (Å²) < 4.78 is 29.0. The lowest BCUT2D eigenvalue weighted by molar-refractivity contribution is 0.397. The Morgan fingerprint density at radius 2 is 2.16 bits per heavy atom. The molecule has 1 aliphatic heterocycles. The fourth-order valence-electron chi connectivity index (χ4n) is 2.57. The number of halogens is 2. The minimum Gasteiger partial charge on any atom is -0.383 e. The first kappa shape index (κ1) is 12.1. The second-order valence-corrected chi connectivity index (χ2v) is 5.12. The number of anilines is 1. The van der Waals surface area contributed by atoms with Crippen LogP contribution < -0.4 is 5.73 Å². The summed E-state index contributed by atoms with van der Waals surface area (Å²) >= 11 is 0. The number of rotatable bonds is 1. The van der Waals surface area contributed by atoms with Gasteiger partial charge in [-0.25, -0.2) is 13.8 Å². The molecule has 2 heterocycles. The maximum absolute atomic E-state index is 13.8. The molecule has 1 unspecified atom stereocenters. The van der Waals surface area contributed by atoms with Crippen molar-refractivity contribution < 1.29 is 8.78 Å². The molecule has 2 aromatic rings. The lowest BCUT2D eigenvalue weighted by atomic mass is 10.0. The van der Waals surface area contributed by atoms with E-state index in [1.54, 1.807) is 0 Å². The molecule has 19 heavy (non-hydrogen) atoms. The van der Waals surface area contributed by atoms with E-state index in [2.05, 4.69) is 11.9 Å². The highest BCUT2D eigenvalue weighted by Gasteiger charge is 2.24. The van der Waals surface area contributed by atoms with Crippen molar-refractivity contribution in [1.29, 1.82) is 0 Å². The Bertz CT molecular complexity index is 634. The molecule has 5 heteroatoms. The van der Waals surface area contributed by atoms with Crippen molar-refractivity contribution in [2.75, 3.05) is 5.73 Å². The third-order valence-electron chi connectivity index (χ3n) is 3.65. The Morgan fingerprint density at radius 3 is 2.95 bits per heavy atom. The summed E-state index contributed by atoms with van der Waals surface area (Å²) in [6.07, 6.45) is 1.86. The highest BCUT2D eigenvalue weighted by Crippen LogP contribution is 2.32. The number of imidazole rings is 1. The molecule has 1 aromatic carbocycles. The van der Waals surface area contributed by atoms with Crippen LogP contribution in [0.5, 0.6) is 0 Å². The monoisotopic (exact) mass is 263 g/mol. The standard InChI is InChI=1S/C14H15F2N3/c1-8-5-6-11-18-13(14(17)19(11)7-8)9-3-2-4-10(15)12(9)16/h2-4,8H,5-7,17H2,1H3. The van der Waals surface area contributed by atoms with Crippen molar-refractivity contribution in [2.24, 2.45) is 5.92 Å². The van der Waals surface area contributed by atoms with Gasteiger partial charge in [-0.2, -0.15) is 0 Å². The van der Waals surface area contributed by atoms with Crippen molar-refractivity contribution in [3.63, 3.8) is 0 Å². The number of nitrogen functional groups attached to an aromatic ring is 1. The molecule has 3 rings (SSSR count). The van der Waals surface area contributed by atoms with Gasteiger partial charge in [0.1, 0.15) is 17.3 Å². The van der Waals surface area contributed by atoms with Gasteiger partial charge in [-0.15, -0.1) is 0 Å². The molecule has 0 amide bonds. The maximum atomic E-state index is 13.8. The van der Waals surface area contributed by atoms with Gasteiger partial charge in [-0.05, 0) is 24.5 Å². The minimum atomic E-state index is -0.891. The number of aromatic nitrogens is 2. The van der Waals surface area contributed by atoms with E-state index in [9.17, 15) is 8.78 Å². The van der Waals surface area contributed by atoms with Crippen LogP contribution in [0.4, 0.5) is 14.6 Å². The van der Waals surface area contributed by atoms with Crippen molar-refractivity contribution >= 4 is 5.82 Å². The summed E-state index contributed by atoms with van der Waals surface area (Å²) in [6.45, 7) is 2.93. The van der Waals surface area contributed by atoms with Crippen molar-refractivity contribution in [2.45, 2.75) is 26.3 Å². The van der Waals surface area contributed by atoms with Gasteiger partial charge in [0.15, 0.2) is 11.6 Å². The summed E-state index contributed by atoms with van der Waals surface area (Å²) in [6, 6.07) is 4.06. The second-order valence-electron chi connectivity index (χ2n) is 5.12. The normalized spacial score (nSPS) is 18.4. The summed E-state index contributed by atoms with van der Waals surface area (Å²) in [5.41, 5.74) is 6.53. The molecule has 1 aromatic heterocycles. The zero-order valence-electron chi connectivity index (χ0n) is 10.7. The van der Waals surface area contributed by atoms with Gasteiger partial charge in [-0.3, -0.25) is 0 Å². The van der Waals surface area contributed by atoms with Crippen LogP contribution >= 0.6 is 0 Å². The number of aryl methyl sites for hydroxylation is 1. The largest absolute Gasteiger partial charge is 0.383 e. The molecule has 0 bridgehead atoms. The average molecular weight is 263 g/mol. The Labute approximate surface area is 110 Å². The maximum Gasteiger partial charge on any atom is 0.168 e. The van der Waals surface area contributed by atoms with Gasteiger partial charge in [0, 0.05) is 18.5 Å².